The second-order valence-corrected chi connectivity index (χ2v) is 14.2. The Morgan fingerprint density at radius 1 is 0.949 bits per heavy atom. The van der Waals surface area contributed by atoms with Crippen LogP contribution in [0.3, 0.4) is 0 Å². The van der Waals surface area contributed by atoms with Crippen LogP contribution in [0.1, 0.15) is 54.6 Å². The molecule has 3 aliphatic carbocycles. The van der Waals surface area contributed by atoms with Crippen LogP contribution in [0.15, 0.2) is 90.1 Å². The monoisotopic (exact) mass is 540 g/mol. The molecule has 39 heavy (non-hydrogen) atoms. The van der Waals surface area contributed by atoms with E-state index in [1.807, 2.05) is 43.5 Å². The minimum atomic E-state index is -3.46. The van der Waals surface area contributed by atoms with Gasteiger partial charge in [0.15, 0.2) is 9.84 Å². The molecule has 0 radical (unpaired) electrons. The van der Waals surface area contributed by atoms with Gasteiger partial charge in [-0.2, -0.15) is 0 Å². The predicted octanol–water partition coefficient (Wildman–Crippen LogP) is 6.78. The summed E-state index contributed by atoms with van der Waals surface area (Å²) in [6, 6.07) is 22.4. The molecule has 1 unspecified atom stereocenters. The lowest BCUT2D eigenvalue weighted by molar-refractivity contribution is 0.0357. The summed E-state index contributed by atoms with van der Waals surface area (Å²) in [6.45, 7) is 1.98. The normalized spacial score (nSPS) is 25.5. The van der Waals surface area contributed by atoms with E-state index in [-0.39, 0.29) is 16.6 Å². The van der Waals surface area contributed by atoms with Crippen molar-refractivity contribution in [1.29, 1.82) is 0 Å². The fraction of sp³-hybridized carbons (Fsp3) is 0.364. The molecule has 0 saturated heterocycles. The Balaban J connectivity index is 1.33. The lowest BCUT2D eigenvalue weighted by Crippen LogP contribution is -2.53. The van der Waals surface area contributed by atoms with Gasteiger partial charge in [-0.05, 0) is 123 Å². The highest BCUT2D eigenvalue weighted by molar-refractivity contribution is 7.92. The molecule has 7 rings (SSSR count). The third-order valence-corrected chi connectivity index (χ3v) is 12.2. The minimum absolute atomic E-state index is 0.101. The SMILES string of the molecule is Cc1ccc(S(=O)(=O)[C@H]2CCC3Cc4c(ccn4-c4ccc(F)cc4)C[C@]3(C3(c4ccccn4)CC3)C2)cc1. The largest absolute Gasteiger partial charge is 0.321 e. The number of aryl methyl sites for hydroxylation is 1. The van der Waals surface area contributed by atoms with Crippen LogP contribution in [0.2, 0.25) is 0 Å². The molecular weight excluding hydrogens is 507 g/mol. The van der Waals surface area contributed by atoms with E-state index in [9.17, 15) is 12.8 Å². The summed E-state index contributed by atoms with van der Waals surface area (Å²) in [7, 11) is -3.46. The van der Waals surface area contributed by atoms with Crippen LogP contribution in [0, 0.1) is 24.1 Å². The summed E-state index contributed by atoms with van der Waals surface area (Å²) < 4.78 is 43.9. The van der Waals surface area contributed by atoms with Crippen molar-refractivity contribution in [2.75, 3.05) is 0 Å². The van der Waals surface area contributed by atoms with E-state index < -0.39 is 15.1 Å². The average molecular weight is 541 g/mol. The molecule has 3 aliphatic rings. The van der Waals surface area contributed by atoms with Crippen LogP contribution in [0.4, 0.5) is 4.39 Å². The van der Waals surface area contributed by atoms with Gasteiger partial charge in [0.05, 0.1) is 10.1 Å². The van der Waals surface area contributed by atoms with Gasteiger partial charge in [-0.15, -0.1) is 0 Å². The average Bonchev–Trinajstić information content (AvgIpc) is 3.68. The quantitative estimate of drug-likeness (QED) is 0.280. The fourth-order valence-corrected chi connectivity index (χ4v) is 9.75. The zero-order chi connectivity index (χ0) is 26.8. The number of hydrogen-bond acceptors (Lipinski definition) is 3. The molecule has 200 valence electrons. The van der Waals surface area contributed by atoms with Crippen molar-refractivity contribution in [2.24, 2.45) is 11.3 Å². The highest BCUT2D eigenvalue weighted by atomic mass is 32.2. The third kappa shape index (κ3) is 3.82. The summed E-state index contributed by atoms with van der Waals surface area (Å²) >= 11 is 0. The Morgan fingerprint density at radius 2 is 1.72 bits per heavy atom. The van der Waals surface area contributed by atoms with Gasteiger partial charge in [-0.25, -0.2) is 12.8 Å². The summed E-state index contributed by atoms with van der Waals surface area (Å²) in [4.78, 5) is 5.29. The zero-order valence-electron chi connectivity index (χ0n) is 22.2. The van der Waals surface area contributed by atoms with Crippen molar-refractivity contribution in [1.82, 2.24) is 9.55 Å². The zero-order valence-corrected chi connectivity index (χ0v) is 23.0. The first-order valence-electron chi connectivity index (χ1n) is 14.0. The molecule has 2 fully saturated rings. The van der Waals surface area contributed by atoms with Crippen LogP contribution in [-0.2, 0) is 28.1 Å². The maximum atomic E-state index is 14.0. The molecule has 2 aromatic heterocycles. The first kappa shape index (κ1) is 24.8. The van der Waals surface area contributed by atoms with Gasteiger partial charge < -0.3 is 4.57 Å². The molecule has 0 bridgehead atoms. The highest BCUT2D eigenvalue weighted by Crippen LogP contribution is 2.69. The number of aromatic nitrogens is 2. The van der Waals surface area contributed by atoms with Gasteiger partial charge in [0.2, 0.25) is 0 Å². The van der Waals surface area contributed by atoms with E-state index in [2.05, 4.69) is 29.0 Å². The standard InChI is InChI=1S/C33H33FN2O2S/c1-23-5-12-28(13-6-23)39(37,38)29-14-7-25-20-30-24(15-19-36(30)27-10-8-26(34)9-11-27)21-33(25,22-29)32(16-17-32)31-4-2-3-18-35-31/h2-6,8-13,15,18-19,25,29H,7,14,16-17,20-22H2,1H3/t25?,29-,33-/m0/s1. The Kier molecular flexibility index (Phi) is 5.64. The van der Waals surface area contributed by atoms with Gasteiger partial charge in [0.1, 0.15) is 5.82 Å². The van der Waals surface area contributed by atoms with E-state index in [1.54, 1.807) is 12.1 Å². The molecule has 3 atom stereocenters. The fourth-order valence-electron chi connectivity index (χ4n) is 7.89. The maximum Gasteiger partial charge on any atom is 0.181 e. The van der Waals surface area contributed by atoms with E-state index >= 15 is 0 Å². The summed E-state index contributed by atoms with van der Waals surface area (Å²) in [5, 5.41) is -0.404. The van der Waals surface area contributed by atoms with Crippen molar-refractivity contribution in [3.63, 3.8) is 0 Å². The predicted molar refractivity (Wildman–Crippen MR) is 150 cm³/mol. The number of fused-ring (bicyclic) bond motifs is 2. The number of rotatable bonds is 5. The van der Waals surface area contributed by atoms with Gasteiger partial charge in [-0.1, -0.05) is 23.8 Å². The minimum Gasteiger partial charge on any atom is -0.321 e. The van der Waals surface area contributed by atoms with E-state index in [0.717, 1.165) is 49.0 Å². The molecule has 2 aromatic carbocycles. The first-order valence-corrected chi connectivity index (χ1v) is 15.5. The number of hydrogen-bond donors (Lipinski definition) is 0. The topological polar surface area (TPSA) is 52.0 Å². The van der Waals surface area contributed by atoms with Gasteiger partial charge in [-0.3, -0.25) is 4.98 Å². The van der Waals surface area contributed by atoms with Gasteiger partial charge in [0, 0.05) is 34.9 Å². The van der Waals surface area contributed by atoms with Crippen LogP contribution in [0.5, 0.6) is 0 Å². The van der Waals surface area contributed by atoms with Crippen LogP contribution in [0.25, 0.3) is 5.69 Å². The molecule has 0 spiro atoms. The number of benzene rings is 2. The van der Waals surface area contributed by atoms with Crippen molar-refractivity contribution < 1.29 is 12.8 Å². The number of sulfone groups is 1. The molecule has 2 saturated carbocycles. The summed E-state index contributed by atoms with van der Waals surface area (Å²) in [5.74, 6) is 0.117. The van der Waals surface area contributed by atoms with Crippen molar-refractivity contribution >= 4 is 9.84 Å². The van der Waals surface area contributed by atoms with Gasteiger partial charge in [0.25, 0.3) is 0 Å². The molecule has 4 aromatic rings. The van der Waals surface area contributed by atoms with Gasteiger partial charge >= 0.3 is 0 Å². The Bertz CT molecular complexity index is 1620. The third-order valence-electron chi connectivity index (χ3n) is 9.99. The summed E-state index contributed by atoms with van der Waals surface area (Å²) in [6.07, 6.45) is 10.0. The molecule has 0 aliphatic heterocycles. The second kappa shape index (κ2) is 8.88. The van der Waals surface area contributed by atoms with E-state index in [1.165, 1.54) is 23.4 Å². The molecule has 2 heterocycles. The smallest absolute Gasteiger partial charge is 0.181 e. The summed E-state index contributed by atoms with van der Waals surface area (Å²) in [5.41, 5.74) is 5.42. The molecule has 0 amide bonds. The maximum absolute atomic E-state index is 14.0. The number of pyridine rings is 1. The van der Waals surface area contributed by atoms with Crippen molar-refractivity contribution in [2.45, 2.75) is 67.4 Å². The van der Waals surface area contributed by atoms with Crippen LogP contribution >= 0.6 is 0 Å². The van der Waals surface area contributed by atoms with Crippen LogP contribution < -0.4 is 0 Å². The van der Waals surface area contributed by atoms with Crippen LogP contribution in [-0.4, -0.2) is 23.2 Å². The second-order valence-electron chi connectivity index (χ2n) is 11.9. The Labute approximate surface area is 229 Å². The molecule has 4 nitrogen and oxygen atoms in total. The lowest BCUT2D eigenvalue weighted by atomic mass is 9.51. The number of nitrogens with zero attached hydrogens (tertiary/aromatic N) is 2. The Morgan fingerprint density at radius 3 is 2.41 bits per heavy atom. The number of halogens is 1. The molecule has 6 heteroatoms. The van der Waals surface area contributed by atoms with Crippen molar-refractivity contribution in [3.05, 3.63) is 114 Å². The molecular formula is C33H33FN2O2S. The van der Waals surface area contributed by atoms with E-state index in [4.69, 9.17) is 4.98 Å². The molecule has 0 N–H and O–H groups in total. The lowest BCUT2D eigenvalue weighted by Gasteiger charge is -2.54. The van der Waals surface area contributed by atoms with Crippen molar-refractivity contribution in [3.8, 4) is 5.69 Å². The highest BCUT2D eigenvalue weighted by Gasteiger charge is 2.66. The Hall–Kier alpha value is -3.25. The first-order chi connectivity index (χ1) is 18.8. The van der Waals surface area contributed by atoms with E-state index in [0.29, 0.717) is 23.7 Å².